The lowest BCUT2D eigenvalue weighted by molar-refractivity contribution is 0.582. The van der Waals surface area contributed by atoms with Crippen LogP contribution in [-0.4, -0.2) is 18.0 Å². The van der Waals surface area contributed by atoms with Gasteiger partial charge in [0.1, 0.15) is 0 Å². The lowest BCUT2D eigenvalue weighted by atomic mass is 9.98. The van der Waals surface area contributed by atoms with Gasteiger partial charge >= 0.3 is 0 Å². The van der Waals surface area contributed by atoms with Crippen LogP contribution < -0.4 is 10.6 Å². The van der Waals surface area contributed by atoms with Crippen LogP contribution in [0.4, 0.5) is 0 Å². The van der Waals surface area contributed by atoms with Crippen LogP contribution in [0.15, 0.2) is 34.6 Å². The number of aliphatic imine (C=N–C) groups is 1. The smallest absolute Gasteiger partial charge is 0.191 e. The first-order valence-corrected chi connectivity index (χ1v) is 9.28. The average molecular weight is 345 g/mol. The van der Waals surface area contributed by atoms with E-state index >= 15 is 0 Å². The number of aryl methyl sites for hydroxylation is 1. The second-order valence-electron chi connectivity index (χ2n) is 6.80. The molecule has 24 heavy (non-hydrogen) atoms. The summed E-state index contributed by atoms with van der Waals surface area (Å²) in [5.74, 6) is 0.797. The fourth-order valence-corrected chi connectivity index (χ4v) is 3.29. The minimum absolute atomic E-state index is 0.104. The van der Waals surface area contributed by atoms with E-state index in [9.17, 15) is 0 Å². The highest BCUT2D eigenvalue weighted by molar-refractivity contribution is 7.09. The minimum Gasteiger partial charge on any atom is -0.352 e. The monoisotopic (exact) mass is 344 g/mol. The molecule has 0 saturated carbocycles. The Morgan fingerprint density at radius 2 is 1.79 bits per heavy atom. The fourth-order valence-electron chi connectivity index (χ4n) is 2.38. The van der Waals surface area contributed by atoms with Crippen molar-refractivity contribution >= 4 is 17.3 Å². The van der Waals surface area contributed by atoms with E-state index in [2.05, 4.69) is 73.0 Å². The number of nitrogens with zero attached hydrogens (tertiary/aromatic N) is 2. The summed E-state index contributed by atoms with van der Waals surface area (Å²) in [6.45, 7) is 10.2. The summed E-state index contributed by atoms with van der Waals surface area (Å²) < 4.78 is 0. The highest BCUT2D eigenvalue weighted by atomic mass is 32.1. The van der Waals surface area contributed by atoms with Gasteiger partial charge < -0.3 is 10.6 Å². The number of rotatable bonds is 5. The lowest BCUT2D eigenvalue weighted by Crippen LogP contribution is -2.36. The van der Waals surface area contributed by atoms with Crippen LogP contribution in [0.5, 0.6) is 0 Å². The molecule has 0 aliphatic rings. The van der Waals surface area contributed by atoms with Crippen molar-refractivity contribution < 1.29 is 0 Å². The molecule has 2 aromatic rings. The maximum Gasteiger partial charge on any atom is 0.191 e. The molecule has 130 valence electrons. The molecule has 0 spiro atoms. The van der Waals surface area contributed by atoms with Crippen molar-refractivity contribution in [2.45, 2.75) is 52.6 Å². The molecule has 0 bridgehead atoms. The Labute approximate surface area is 149 Å². The third-order valence-corrected chi connectivity index (χ3v) is 5.12. The molecule has 4 nitrogen and oxygen atoms in total. The van der Waals surface area contributed by atoms with Crippen molar-refractivity contribution in [3.63, 3.8) is 0 Å². The van der Waals surface area contributed by atoms with Crippen LogP contribution in [0, 0.1) is 0 Å². The highest BCUT2D eigenvalue weighted by Gasteiger charge is 2.17. The number of thiazole rings is 1. The van der Waals surface area contributed by atoms with Gasteiger partial charge in [-0.2, -0.15) is 0 Å². The molecule has 0 fully saturated rings. The third-order valence-electron chi connectivity index (χ3n) is 3.80. The van der Waals surface area contributed by atoms with Gasteiger partial charge in [0.05, 0.1) is 17.2 Å². The van der Waals surface area contributed by atoms with E-state index in [-0.39, 0.29) is 5.41 Å². The standard InChI is InChI=1S/C19H28N4S/c1-6-14-9-7-8-10-15(14)11-21-18(20-5)22-12-16-13-24-17(23-16)19(2,3)4/h7-10,13H,6,11-12H2,1-5H3,(H2,20,21,22). The van der Waals surface area contributed by atoms with Crippen molar-refractivity contribution in [2.24, 2.45) is 4.99 Å². The zero-order valence-electron chi connectivity index (χ0n) is 15.3. The quantitative estimate of drug-likeness (QED) is 0.639. The Kier molecular flexibility index (Phi) is 6.37. The Bertz CT molecular complexity index is 683. The summed E-state index contributed by atoms with van der Waals surface area (Å²) in [6.07, 6.45) is 1.04. The second kappa shape index (κ2) is 8.29. The van der Waals surface area contributed by atoms with Gasteiger partial charge in [-0.05, 0) is 17.5 Å². The van der Waals surface area contributed by atoms with Crippen LogP contribution in [0.2, 0.25) is 0 Å². The number of aromatic nitrogens is 1. The van der Waals surface area contributed by atoms with Gasteiger partial charge in [0.2, 0.25) is 0 Å². The first kappa shape index (κ1) is 18.5. The molecule has 0 aliphatic carbocycles. The van der Waals surface area contributed by atoms with Gasteiger partial charge in [-0.25, -0.2) is 4.98 Å². The van der Waals surface area contributed by atoms with Crippen LogP contribution >= 0.6 is 11.3 Å². The Morgan fingerprint density at radius 3 is 2.38 bits per heavy atom. The third kappa shape index (κ3) is 5.06. The lowest BCUT2D eigenvalue weighted by Gasteiger charge is -2.14. The SMILES string of the molecule is CCc1ccccc1CNC(=NC)NCc1csc(C(C)(C)C)n1. The van der Waals surface area contributed by atoms with Gasteiger partial charge in [0.25, 0.3) is 0 Å². The molecule has 1 aromatic carbocycles. The first-order valence-electron chi connectivity index (χ1n) is 8.40. The number of benzene rings is 1. The molecular weight excluding hydrogens is 316 g/mol. The van der Waals surface area contributed by atoms with Crippen LogP contribution in [0.25, 0.3) is 0 Å². The van der Waals surface area contributed by atoms with E-state index in [0.717, 1.165) is 24.6 Å². The zero-order valence-corrected chi connectivity index (χ0v) is 16.1. The fraction of sp³-hybridized carbons (Fsp3) is 0.474. The van der Waals surface area contributed by atoms with E-state index < -0.39 is 0 Å². The van der Waals surface area contributed by atoms with E-state index in [1.54, 1.807) is 18.4 Å². The zero-order chi connectivity index (χ0) is 17.6. The molecule has 2 rings (SSSR count). The predicted octanol–water partition coefficient (Wildman–Crippen LogP) is 3.87. The van der Waals surface area contributed by atoms with Gasteiger partial charge in [0, 0.05) is 24.4 Å². The molecule has 0 saturated heterocycles. The van der Waals surface area contributed by atoms with Gasteiger partial charge in [-0.1, -0.05) is 52.0 Å². The van der Waals surface area contributed by atoms with Crippen molar-refractivity contribution in [1.29, 1.82) is 0 Å². The van der Waals surface area contributed by atoms with E-state index in [1.165, 1.54) is 16.1 Å². The maximum absolute atomic E-state index is 4.71. The van der Waals surface area contributed by atoms with Crippen molar-refractivity contribution in [3.8, 4) is 0 Å². The second-order valence-corrected chi connectivity index (χ2v) is 7.65. The molecule has 0 aliphatic heterocycles. The van der Waals surface area contributed by atoms with Crippen molar-refractivity contribution in [1.82, 2.24) is 15.6 Å². The molecule has 2 N–H and O–H groups in total. The van der Waals surface area contributed by atoms with Gasteiger partial charge in [0.15, 0.2) is 5.96 Å². The van der Waals surface area contributed by atoms with Gasteiger partial charge in [-0.15, -0.1) is 11.3 Å². The van der Waals surface area contributed by atoms with Crippen LogP contribution in [-0.2, 0) is 24.9 Å². The Hall–Kier alpha value is -1.88. The van der Waals surface area contributed by atoms with E-state index in [0.29, 0.717) is 6.54 Å². The normalized spacial score (nSPS) is 12.3. The summed E-state index contributed by atoms with van der Waals surface area (Å²) in [5, 5.41) is 10.0. The summed E-state index contributed by atoms with van der Waals surface area (Å²) >= 11 is 1.72. The molecule has 0 radical (unpaired) electrons. The Balaban J connectivity index is 1.90. The first-order chi connectivity index (χ1) is 11.4. The number of hydrogen-bond acceptors (Lipinski definition) is 3. The molecule has 5 heteroatoms. The van der Waals surface area contributed by atoms with Crippen molar-refractivity contribution in [2.75, 3.05) is 7.05 Å². The van der Waals surface area contributed by atoms with Gasteiger partial charge in [-0.3, -0.25) is 4.99 Å². The molecule has 1 heterocycles. The topological polar surface area (TPSA) is 49.3 Å². The maximum atomic E-state index is 4.71. The predicted molar refractivity (Wildman–Crippen MR) is 104 cm³/mol. The minimum atomic E-state index is 0.104. The largest absolute Gasteiger partial charge is 0.352 e. The van der Waals surface area contributed by atoms with Crippen LogP contribution in [0.1, 0.15) is 49.5 Å². The summed E-state index contributed by atoms with van der Waals surface area (Å²) in [6, 6.07) is 8.51. The molecule has 1 aromatic heterocycles. The molecule has 0 amide bonds. The summed E-state index contributed by atoms with van der Waals surface area (Å²) in [4.78, 5) is 9.01. The van der Waals surface area contributed by atoms with Crippen LogP contribution in [0.3, 0.4) is 0 Å². The van der Waals surface area contributed by atoms with Crippen molar-refractivity contribution in [3.05, 3.63) is 51.5 Å². The molecule has 0 atom stereocenters. The highest BCUT2D eigenvalue weighted by Crippen LogP contribution is 2.25. The number of guanidine groups is 1. The van der Waals surface area contributed by atoms with E-state index in [4.69, 9.17) is 4.98 Å². The number of hydrogen-bond donors (Lipinski definition) is 2. The summed E-state index contributed by atoms with van der Waals surface area (Å²) in [5.41, 5.74) is 3.84. The molecular formula is C19H28N4S. The summed E-state index contributed by atoms with van der Waals surface area (Å²) in [7, 11) is 1.79. The van der Waals surface area contributed by atoms with E-state index in [1.807, 2.05) is 0 Å². The average Bonchev–Trinajstić information content (AvgIpc) is 3.04. The molecule has 0 unspecified atom stereocenters. The number of nitrogens with one attached hydrogen (secondary N) is 2. The Morgan fingerprint density at radius 1 is 1.12 bits per heavy atom.